The van der Waals surface area contributed by atoms with Gasteiger partial charge in [-0.15, -0.1) is 0 Å². The van der Waals surface area contributed by atoms with E-state index in [1.165, 1.54) is 0 Å². The molecule has 0 bridgehead atoms. The molecule has 0 amide bonds. The van der Waals surface area contributed by atoms with Crippen molar-refractivity contribution >= 4 is 11.8 Å². The minimum absolute atomic E-state index is 0.259. The molecule has 0 rings (SSSR count). The van der Waals surface area contributed by atoms with Crippen LogP contribution in [-0.4, -0.2) is 43.8 Å². The first-order valence-electron chi connectivity index (χ1n) is 5.61. The van der Waals surface area contributed by atoms with Gasteiger partial charge in [0, 0.05) is 7.11 Å². The molecule has 0 saturated carbocycles. The van der Waals surface area contributed by atoms with Crippen molar-refractivity contribution in [3.63, 3.8) is 0 Å². The summed E-state index contributed by atoms with van der Waals surface area (Å²) in [5, 5.41) is 0. The first-order chi connectivity index (χ1) is 7.76. The summed E-state index contributed by atoms with van der Waals surface area (Å²) in [6.45, 7) is 7.64. The average Bonchev–Trinajstić information content (AvgIpc) is 2.14. The zero-order valence-electron chi connectivity index (χ0n) is 11.2. The van der Waals surface area contributed by atoms with Gasteiger partial charge in [0.1, 0.15) is 18.1 Å². The summed E-state index contributed by atoms with van der Waals surface area (Å²) >= 11 is 0. The fourth-order valence-electron chi connectivity index (χ4n) is 1.06. The number of carbonyl (C=O) groups is 2. The summed E-state index contributed by atoms with van der Waals surface area (Å²) in [4.78, 5) is 22.9. The Morgan fingerprint density at radius 1 is 1.18 bits per heavy atom. The van der Waals surface area contributed by atoms with Gasteiger partial charge < -0.3 is 14.2 Å². The number of hydrogen-bond acceptors (Lipinski definition) is 5. The average molecular weight is 246 g/mol. The van der Waals surface area contributed by atoms with Gasteiger partial charge in [-0.1, -0.05) is 0 Å². The zero-order chi connectivity index (χ0) is 13.5. The van der Waals surface area contributed by atoms with Gasteiger partial charge in [0.25, 0.3) is 0 Å². The SMILES string of the molecule is COCCO[C@@H](C)C(=O)CC(=O)OC(C)(C)C. The Hall–Kier alpha value is -0.940. The van der Waals surface area contributed by atoms with Crippen molar-refractivity contribution < 1.29 is 23.8 Å². The molecule has 0 aromatic carbocycles. The highest BCUT2D eigenvalue weighted by Gasteiger charge is 2.22. The van der Waals surface area contributed by atoms with Gasteiger partial charge in [-0.2, -0.15) is 0 Å². The molecule has 0 aliphatic rings. The minimum atomic E-state index is -0.613. The van der Waals surface area contributed by atoms with Gasteiger partial charge >= 0.3 is 5.97 Å². The number of methoxy groups -OCH3 is 1. The highest BCUT2D eigenvalue weighted by Crippen LogP contribution is 2.09. The van der Waals surface area contributed by atoms with Crippen molar-refractivity contribution in [3.8, 4) is 0 Å². The largest absolute Gasteiger partial charge is 0.460 e. The Labute approximate surface area is 102 Å². The molecule has 0 aromatic rings. The van der Waals surface area contributed by atoms with Crippen molar-refractivity contribution in [2.45, 2.75) is 45.8 Å². The van der Waals surface area contributed by atoms with Gasteiger partial charge in [-0.3, -0.25) is 9.59 Å². The van der Waals surface area contributed by atoms with E-state index in [4.69, 9.17) is 14.2 Å². The van der Waals surface area contributed by atoms with E-state index in [9.17, 15) is 9.59 Å². The highest BCUT2D eigenvalue weighted by atomic mass is 16.6. The van der Waals surface area contributed by atoms with E-state index in [0.29, 0.717) is 13.2 Å². The molecule has 1 atom stereocenters. The van der Waals surface area contributed by atoms with Crippen LogP contribution in [0.1, 0.15) is 34.1 Å². The van der Waals surface area contributed by atoms with E-state index in [1.807, 2.05) is 0 Å². The summed E-state index contributed by atoms with van der Waals surface area (Å²) < 4.78 is 15.0. The van der Waals surface area contributed by atoms with Gasteiger partial charge in [0.2, 0.25) is 0 Å². The second-order valence-electron chi connectivity index (χ2n) is 4.74. The molecule has 0 unspecified atom stereocenters. The van der Waals surface area contributed by atoms with Crippen LogP contribution in [0.2, 0.25) is 0 Å². The number of carbonyl (C=O) groups excluding carboxylic acids is 2. The second kappa shape index (κ2) is 7.40. The normalized spacial score (nSPS) is 13.2. The minimum Gasteiger partial charge on any atom is -0.460 e. The summed E-state index contributed by atoms with van der Waals surface area (Å²) in [7, 11) is 1.55. The standard InChI is InChI=1S/C12H22O5/c1-9(16-7-6-15-5)10(13)8-11(14)17-12(2,3)4/h9H,6-8H2,1-5H3/t9-/m0/s1. The highest BCUT2D eigenvalue weighted by molar-refractivity contribution is 5.97. The second-order valence-corrected chi connectivity index (χ2v) is 4.74. The summed E-state index contributed by atoms with van der Waals surface area (Å²) in [6, 6.07) is 0. The van der Waals surface area contributed by atoms with Crippen LogP contribution in [0.25, 0.3) is 0 Å². The molecule has 0 heterocycles. The molecule has 0 radical (unpaired) electrons. The maximum atomic E-state index is 11.6. The zero-order valence-corrected chi connectivity index (χ0v) is 11.2. The van der Waals surface area contributed by atoms with Crippen LogP contribution in [0, 0.1) is 0 Å². The molecule has 100 valence electrons. The van der Waals surface area contributed by atoms with E-state index in [2.05, 4.69) is 0 Å². The van der Waals surface area contributed by atoms with E-state index in [-0.39, 0.29) is 12.2 Å². The van der Waals surface area contributed by atoms with Crippen LogP contribution in [-0.2, 0) is 23.8 Å². The Bertz CT molecular complexity index is 254. The van der Waals surface area contributed by atoms with Crippen molar-refractivity contribution in [2.75, 3.05) is 20.3 Å². The lowest BCUT2D eigenvalue weighted by atomic mass is 10.1. The number of Topliss-reactive ketones (excluding diaryl/α,β-unsaturated/α-hetero) is 1. The van der Waals surface area contributed by atoms with Crippen molar-refractivity contribution in [2.24, 2.45) is 0 Å². The molecule has 17 heavy (non-hydrogen) atoms. The molecular weight excluding hydrogens is 224 g/mol. The molecule has 5 nitrogen and oxygen atoms in total. The Morgan fingerprint density at radius 2 is 1.76 bits per heavy atom. The predicted molar refractivity (Wildman–Crippen MR) is 62.8 cm³/mol. The monoisotopic (exact) mass is 246 g/mol. The number of hydrogen-bond donors (Lipinski definition) is 0. The number of esters is 1. The molecular formula is C12H22O5. The van der Waals surface area contributed by atoms with Crippen molar-refractivity contribution in [1.82, 2.24) is 0 Å². The number of ketones is 1. The summed E-state index contributed by atoms with van der Waals surface area (Å²) in [6.07, 6.45) is -0.872. The maximum Gasteiger partial charge on any atom is 0.313 e. The molecule has 0 spiro atoms. The number of rotatable bonds is 7. The first kappa shape index (κ1) is 16.1. The molecule has 5 heteroatoms. The summed E-state index contributed by atoms with van der Waals surface area (Å²) in [5.41, 5.74) is -0.572. The van der Waals surface area contributed by atoms with Crippen LogP contribution in [0.5, 0.6) is 0 Å². The molecule has 0 fully saturated rings. The van der Waals surface area contributed by atoms with E-state index < -0.39 is 17.7 Å². The lowest BCUT2D eigenvalue weighted by molar-refractivity contribution is -0.157. The smallest absolute Gasteiger partial charge is 0.313 e. The third kappa shape index (κ3) is 8.83. The van der Waals surface area contributed by atoms with Crippen LogP contribution in [0.15, 0.2) is 0 Å². The fourth-order valence-corrected chi connectivity index (χ4v) is 1.06. The third-order valence-electron chi connectivity index (χ3n) is 1.85. The van der Waals surface area contributed by atoms with Gasteiger partial charge in [0.05, 0.1) is 13.2 Å². The summed E-state index contributed by atoms with van der Waals surface area (Å²) in [5.74, 6) is -0.806. The lowest BCUT2D eigenvalue weighted by Gasteiger charge is -2.19. The molecule has 0 aromatic heterocycles. The van der Waals surface area contributed by atoms with Gasteiger partial charge in [-0.25, -0.2) is 0 Å². The maximum absolute atomic E-state index is 11.6. The molecule has 0 aliphatic carbocycles. The first-order valence-corrected chi connectivity index (χ1v) is 5.61. The van der Waals surface area contributed by atoms with Crippen LogP contribution in [0.4, 0.5) is 0 Å². The van der Waals surface area contributed by atoms with Crippen molar-refractivity contribution in [3.05, 3.63) is 0 Å². The predicted octanol–water partition coefficient (Wildman–Crippen LogP) is 1.34. The van der Waals surface area contributed by atoms with Crippen LogP contribution >= 0.6 is 0 Å². The quantitative estimate of drug-likeness (QED) is 0.385. The Morgan fingerprint density at radius 3 is 2.24 bits per heavy atom. The van der Waals surface area contributed by atoms with Crippen LogP contribution in [0.3, 0.4) is 0 Å². The fraction of sp³-hybridized carbons (Fsp3) is 0.833. The van der Waals surface area contributed by atoms with E-state index in [1.54, 1.807) is 34.8 Å². The molecule has 0 N–H and O–H groups in total. The van der Waals surface area contributed by atoms with Crippen LogP contribution < -0.4 is 0 Å². The topological polar surface area (TPSA) is 61.8 Å². The Balaban J connectivity index is 3.95. The van der Waals surface area contributed by atoms with E-state index >= 15 is 0 Å². The van der Waals surface area contributed by atoms with E-state index in [0.717, 1.165) is 0 Å². The lowest BCUT2D eigenvalue weighted by Crippen LogP contribution is -2.29. The number of ether oxygens (including phenoxy) is 3. The van der Waals surface area contributed by atoms with Gasteiger partial charge in [0.15, 0.2) is 5.78 Å². The molecule has 0 aliphatic heterocycles. The molecule has 0 saturated heterocycles. The third-order valence-corrected chi connectivity index (χ3v) is 1.85. The van der Waals surface area contributed by atoms with Crippen molar-refractivity contribution in [1.29, 1.82) is 0 Å². The Kier molecular flexibility index (Phi) is 6.99. The van der Waals surface area contributed by atoms with Gasteiger partial charge in [-0.05, 0) is 27.7 Å².